The first-order chi connectivity index (χ1) is 13.5. The van der Waals surface area contributed by atoms with Crippen molar-refractivity contribution >= 4 is 23.6 Å². The molecule has 1 aromatic carbocycles. The summed E-state index contributed by atoms with van der Waals surface area (Å²) in [5, 5.41) is -0.119. The van der Waals surface area contributed by atoms with E-state index in [1.54, 1.807) is 44.9 Å². The highest BCUT2D eigenvalue weighted by atomic mass is 32.2. The first kappa shape index (κ1) is 22.6. The van der Waals surface area contributed by atoms with E-state index in [4.69, 9.17) is 9.47 Å². The maximum Gasteiger partial charge on any atom is 0.364 e. The molecule has 1 unspecified atom stereocenters. The van der Waals surface area contributed by atoms with Crippen LogP contribution in [0.25, 0.3) is 0 Å². The third-order valence-electron chi connectivity index (χ3n) is 4.84. The molecule has 1 saturated heterocycles. The first-order valence-electron chi connectivity index (χ1n) is 9.64. The molecule has 6 nitrogen and oxygen atoms in total. The minimum absolute atomic E-state index is 0.0112. The van der Waals surface area contributed by atoms with Crippen LogP contribution < -0.4 is 4.90 Å². The molecule has 0 saturated carbocycles. The Hall–Kier alpha value is -1.64. The molecule has 0 bridgehead atoms. The van der Waals surface area contributed by atoms with Gasteiger partial charge in [-0.1, -0.05) is 12.1 Å². The molecule has 1 aliphatic rings. The van der Waals surface area contributed by atoms with Crippen molar-refractivity contribution in [2.75, 3.05) is 45.7 Å². The van der Waals surface area contributed by atoms with Crippen molar-refractivity contribution in [3.8, 4) is 0 Å². The lowest BCUT2D eigenvalue weighted by atomic mass is 10.2. The second-order valence-electron chi connectivity index (χ2n) is 6.77. The number of nitrogens with one attached hydrogen (secondary N) is 1. The summed E-state index contributed by atoms with van der Waals surface area (Å²) in [5.74, 6) is 0.235. The monoisotopic (exact) mass is 413 g/mol. The summed E-state index contributed by atoms with van der Waals surface area (Å²) in [5.41, 5.74) is 0.914. The first-order valence-corrected chi connectivity index (χ1v) is 10.7. The number of amides is 1. The van der Waals surface area contributed by atoms with E-state index in [1.165, 1.54) is 12.1 Å². The topological polar surface area (TPSA) is 60.3 Å². The van der Waals surface area contributed by atoms with Gasteiger partial charge in [-0.15, -0.1) is 11.8 Å². The molecular formula is C20H30FN2O4S+. The van der Waals surface area contributed by atoms with E-state index in [0.29, 0.717) is 26.3 Å². The molecule has 1 N–H and O–H groups in total. The van der Waals surface area contributed by atoms with E-state index in [2.05, 4.69) is 0 Å². The summed E-state index contributed by atoms with van der Waals surface area (Å²) in [7, 11) is 1.63. The summed E-state index contributed by atoms with van der Waals surface area (Å²) in [6.45, 7) is 5.95. The number of nitrogens with zero attached hydrogens (tertiary/aromatic N) is 1. The molecule has 0 aliphatic carbocycles. The van der Waals surface area contributed by atoms with Crippen LogP contribution in [-0.2, 0) is 19.1 Å². The zero-order valence-electron chi connectivity index (χ0n) is 16.8. The van der Waals surface area contributed by atoms with E-state index < -0.39 is 6.04 Å². The number of hydrogen-bond donors (Lipinski definition) is 1. The third-order valence-corrected chi connectivity index (χ3v) is 6.10. The number of rotatable bonds is 10. The van der Waals surface area contributed by atoms with Crippen molar-refractivity contribution in [2.45, 2.75) is 31.7 Å². The molecule has 1 fully saturated rings. The lowest BCUT2D eigenvalue weighted by Gasteiger charge is -2.28. The summed E-state index contributed by atoms with van der Waals surface area (Å²) in [6, 6.07) is 5.86. The standard InChI is InChI=1S/C20H29FN2O4S/c1-4-27-20(25)15(2)22(10-5-12-26-3)14-18(24)23-11-13-28-19(23)16-6-8-17(21)9-7-16/h6-9,15,19H,4-5,10-14H2,1-3H3/p+1/t15-,19+/m0/s1. The maximum atomic E-state index is 13.2. The Labute approximate surface area is 170 Å². The third kappa shape index (κ3) is 6.18. The van der Waals surface area contributed by atoms with Crippen LogP contribution >= 0.6 is 11.8 Å². The van der Waals surface area contributed by atoms with Crippen LogP contribution in [0.3, 0.4) is 0 Å². The molecule has 0 aromatic heterocycles. The molecule has 1 heterocycles. The van der Waals surface area contributed by atoms with Crippen molar-refractivity contribution in [3.63, 3.8) is 0 Å². The van der Waals surface area contributed by atoms with E-state index in [-0.39, 0.29) is 29.6 Å². The van der Waals surface area contributed by atoms with E-state index in [9.17, 15) is 14.0 Å². The average Bonchev–Trinajstić information content (AvgIpc) is 3.17. The largest absolute Gasteiger partial charge is 0.462 e. The van der Waals surface area contributed by atoms with Gasteiger partial charge in [0.15, 0.2) is 12.6 Å². The molecule has 0 spiro atoms. The molecule has 1 amide bonds. The number of benzene rings is 1. The van der Waals surface area contributed by atoms with Gasteiger partial charge in [0.1, 0.15) is 11.2 Å². The predicted octanol–water partition coefficient (Wildman–Crippen LogP) is 1.27. The summed E-state index contributed by atoms with van der Waals surface area (Å²) >= 11 is 1.67. The summed E-state index contributed by atoms with van der Waals surface area (Å²) in [4.78, 5) is 28.0. The van der Waals surface area contributed by atoms with Gasteiger partial charge in [0, 0.05) is 25.8 Å². The zero-order chi connectivity index (χ0) is 20.5. The highest BCUT2D eigenvalue weighted by Crippen LogP contribution is 2.37. The van der Waals surface area contributed by atoms with Crippen molar-refractivity contribution in [1.82, 2.24) is 4.90 Å². The molecule has 156 valence electrons. The van der Waals surface area contributed by atoms with Crippen molar-refractivity contribution < 1.29 is 28.4 Å². The number of esters is 1. The molecule has 2 rings (SSSR count). The molecule has 1 aromatic rings. The Morgan fingerprint density at radius 2 is 2.07 bits per heavy atom. The molecule has 0 radical (unpaired) electrons. The number of carbonyl (C=O) groups excluding carboxylic acids is 2. The Morgan fingerprint density at radius 1 is 1.36 bits per heavy atom. The lowest BCUT2D eigenvalue weighted by molar-refractivity contribution is -0.907. The van der Waals surface area contributed by atoms with Crippen LogP contribution in [0.1, 0.15) is 31.2 Å². The quantitative estimate of drug-likeness (QED) is 0.463. The molecule has 8 heteroatoms. The summed E-state index contributed by atoms with van der Waals surface area (Å²) < 4.78 is 23.5. The summed E-state index contributed by atoms with van der Waals surface area (Å²) in [6.07, 6.45) is 0.749. The highest BCUT2D eigenvalue weighted by Gasteiger charge is 2.35. The van der Waals surface area contributed by atoms with Crippen molar-refractivity contribution in [2.24, 2.45) is 0 Å². The average molecular weight is 414 g/mol. The van der Waals surface area contributed by atoms with Crippen molar-refractivity contribution in [3.05, 3.63) is 35.6 Å². The van der Waals surface area contributed by atoms with E-state index in [1.807, 2.05) is 4.90 Å². The Kier molecular flexibility index (Phi) is 9.21. The molecule has 1 aliphatic heterocycles. The maximum absolute atomic E-state index is 13.2. The Bertz CT molecular complexity index is 644. The zero-order valence-corrected chi connectivity index (χ0v) is 17.6. The van der Waals surface area contributed by atoms with Crippen LogP contribution in [-0.4, -0.2) is 68.5 Å². The molecular weight excluding hydrogens is 383 g/mol. The minimum Gasteiger partial charge on any atom is -0.462 e. The Morgan fingerprint density at radius 3 is 2.71 bits per heavy atom. The van der Waals surface area contributed by atoms with Gasteiger partial charge in [-0.3, -0.25) is 4.79 Å². The van der Waals surface area contributed by atoms with Crippen molar-refractivity contribution in [1.29, 1.82) is 0 Å². The van der Waals surface area contributed by atoms with E-state index >= 15 is 0 Å². The van der Waals surface area contributed by atoms with Gasteiger partial charge >= 0.3 is 5.97 Å². The number of quaternary nitrogens is 1. The number of ether oxygens (including phenoxy) is 2. The fourth-order valence-electron chi connectivity index (χ4n) is 3.26. The highest BCUT2D eigenvalue weighted by molar-refractivity contribution is 7.99. The second kappa shape index (κ2) is 11.4. The van der Waals surface area contributed by atoms with Crippen LogP contribution in [0.2, 0.25) is 0 Å². The Balaban J connectivity index is 2.07. The van der Waals surface area contributed by atoms with Crippen LogP contribution in [0.15, 0.2) is 24.3 Å². The van der Waals surface area contributed by atoms with Gasteiger partial charge in [-0.25, -0.2) is 9.18 Å². The van der Waals surface area contributed by atoms with Gasteiger partial charge in [-0.05, 0) is 31.5 Å². The lowest BCUT2D eigenvalue weighted by Crippen LogP contribution is -3.17. The molecule has 28 heavy (non-hydrogen) atoms. The molecule has 3 atom stereocenters. The number of methoxy groups -OCH3 is 1. The van der Waals surface area contributed by atoms with Crippen LogP contribution in [0.4, 0.5) is 4.39 Å². The number of carbonyl (C=O) groups is 2. The minimum atomic E-state index is -0.430. The SMILES string of the molecule is CCOC(=O)[C@H](C)[NH+](CCCOC)CC(=O)N1CCS[C@@H]1c1ccc(F)cc1. The second-order valence-corrected chi connectivity index (χ2v) is 7.96. The van der Waals surface area contributed by atoms with Gasteiger partial charge in [0.25, 0.3) is 5.91 Å². The van der Waals surface area contributed by atoms with Crippen LogP contribution in [0.5, 0.6) is 0 Å². The van der Waals surface area contributed by atoms with Crippen LogP contribution in [0, 0.1) is 5.82 Å². The van der Waals surface area contributed by atoms with Gasteiger partial charge in [0.05, 0.1) is 19.8 Å². The van der Waals surface area contributed by atoms with E-state index in [0.717, 1.165) is 22.6 Å². The van der Waals surface area contributed by atoms with Gasteiger partial charge in [-0.2, -0.15) is 0 Å². The number of halogens is 1. The fourth-order valence-corrected chi connectivity index (χ4v) is 4.54. The van der Waals surface area contributed by atoms with Gasteiger partial charge in [0.2, 0.25) is 0 Å². The smallest absolute Gasteiger partial charge is 0.364 e. The number of thioether (sulfide) groups is 1. The van der Waals surface area contributed by atoms with Gasteiger partial charge < -0.3 is 19.3 Å². The number of hydrogen-bond acceptors (Lipinski definition) is 5. The predicted molar refractivity (Wildman–Crippen MR) is 107 cm³/mol. The fraction of sp³-hybridized carbons (Fsp3) is 0.600. The normalized spacial score (nSPS) is 18.7.